The minimum absolute atomic E-state index is 0.375. The van der Waals surface area contributed by atoms with Crippen LogP contribution in [0.5, 0.6) is 0 Å². The minimum Gasteiger partial charge on any atom is -0.236 e. The number of halogens is 2. The van der Waals surface area contributed by atoms with E-state index in [-0.39, 0.29) is 0 Å². The highest BCUT2D eigenvalue weighted by molar-refractivity contribution is 6.32. The maximum absolute atomic E-state index is 6.14. The van der Waals surface area contributed by atoms with Crippen molar-refractivity contribution in [1.82, 2.24) is 4.98 Å². The summed E-state index contributed by atoms with van der Waals surface area (Å²) in [6.07, 6.45) is 0. The molecule has 0 aliphatic rings. The third kappa shape index (κ3) is 2.02. The molecule has 0 aliphatic carbocycles. The molecule has 2 aromatic rings. The molecule has 0 radical (unpaired) electrons. The van der Waals surface area contributed by atoms with Crippen molar-refractivity contribution in [3.63, 3.8) is 0 Å². The van der Waals surface area contributed by atoms with E-state index in [2.05, 4.69) is 24.9 Å². The second kappa shape index (κ2) is 4.23. The van der Waals surface area contributed by atoms with Gasteiger partial charge in [0.2, 0.25) is 0 Å². The topological polar surface area (TPSA) is 12.9 Å². The summed E-state index contributed by atoms with van der Waals surface area (Å²) in [5.74, 6) is 0.375. The lowest BCUT2D eigenvalue weighted by molar-refractivity contribution is 0.862. The number of pyridine rings is 1. The predicted molar refractivity (Wildman–Crippen MR) is 70.6 cm³/mol. The van der Waals surface area contributed by atoms with E-state index in [1.807, 2.05) is 19.1 Å². The molecule has 0 atom stereocenters. The zero-order valence-corrected chi connectivity index (χ0v) is 11.0. The van der Waals surface area contributed by atoms with E-state index < -0.39 is 0 Å². The van der Waals surface area contributed by atoms with Crippen molar-refractivity contribution in [1.29, 1.82) is 0 Å². The van der Waals surface area contributed by atoms with Gasteiger partial charge in [0.15, 0.2) is 0 Å². The molecule has 1 aromatic carbocycles. The summed E-state index contributed by atoms with van der Waals surface area (Å²) >= 11 is 12.2. The molecule has 84 valence electrons. The number of nitrogens with zero attached hydrogens (tertiary/aromatic N) is 1. The SMILES string of the molecule is Cc1cc2cc(C(C)C)c(Cl)nc2cc1Cl. The molecule has 0 amide bonds. The van der Waals surface area contributed by atoms with Crippen LogP contribution in [0.3, 0.4) is 0 Å². The van der Waals surface area contributed by atoms with E-state index in [9.17, 15) is 0 Å². The number of hydrogen-bond acceptors (Lipinski definition) is 1. The minimum atomic E-state index is 0.375. The predicted octanol–water partition coefficient (Wildman–Crippen LogP) is 4.97. The van der Waals surface area contributed by atoms with Crippen molar-refractivity contribution in [2.45, 2.75) is 26.7 Å². The van der Waals surface area contributed by atoms with E-state index in [1.165, 1.54) is 0 Å². The average molecular weight is 254 g/mol. The first kappa shape index (κ1) is 11.7. The average Bonchev–Trinajstić information content (AvgIpc) is 2.19. The van der Waals surface area contributed by atoms with Crippen molar-refractivity contribution in [2.24, 2.45) is 0 Å². The smallest absolute Gasteiger partial charge is 0.133 e. The summed E-state index contributed by atoms with van der Waals surface area (Å²) in [5, 5.41) is 2.39. The van der Waals surface area contributed by atoms with Gasteiger partial charge in [-0.05, 0) is 42.2 Å². The largest absolute Gasteiger partial charge is 0.236 e. The third-order valence-electron chi connectivity index (χ3n) is 2.70. The van der Waals surface area contributed by atoms with Crippen LogP contribution in [-0.2, 0) is 0 Å². The number of aromatic nitrogens is 1. The lowest BCUT2D eigenvalue weighted by atomic mass is 10.0. The first-order valence-corrected chi connectivity index (χ1v) is 6.01. The lowest BCUT2D eigenvalue weighted by Crippen LogP contribution is -1.93. The van der Waals surface area contributed by atoms with Crippen LogP contribution >= 0.6 is 23.2 Å². The van der Waals surface area contributed by atoms with Crippen LogP contribution < -0.4 is 0 Å². The second-order valence-electron chi connectivity index (χ2n) is 4.32. The normalized spacial score (nSPS) is 11.4. The van der Waals surface area contributed by atoms with Gasteiger partial charge in [-0.3, -0.25) is 0 Å². The molecular formula is C13H13Cl2N. The van der Waals surface area contributed by atoms with Crippen LogP contribution in [0.2, 0.25) is 10.2 Å². The third-order valence-corrected chi connectivity index (χ3v) is 3.41. The van der Waals surface area contributed by atoms with Gasteiger partial charge in [0.05, 0.1) is 5.52 Å². The summed E-state index contributed by atoms with van der Waals surface area (Å²) in [6.45, 7) is 6.21. The standard InChI is InChI=1S/C13H13Cl2N/c1-7(2)10-5-9-4-8(3)11(14)6-12(9)16-13(10)15/h4-7H,1-3H3. The van der Waals surface area contributed by atoms with E-state index in [0.29, 0.717) is 11.1 Å². The quantitative estimate of drug-likeness (QED) is 0.654. The van der Waals surface area contributed by atoms with Crippen molar-refractivity contribution < 1.29 is 0 Å². The molecule has 1 heterocycles. The Labute approximate surface area is 105 Å². The van der Waals surface area contributed by atoms with E-state index in [4.69, 9.17) is 23.2 Å². The van der Waals surface area contributed by atoms with Crippen LogP contribution in [0.4, 0.5) is 0 Å². The Bertz CT molecular complexity index is 547. The second-order valence-corrected chi connectivity index (χ2v) is 5.08. The van der Waals surface area contributed by atoms with Gasteiger partial charge in [0, 0.05) is 10.4 Å². The van der Waals surface area contributed by atoms with E-state index >= 15 is 0 Å². The van der Waals surface area contributed by atoms with Crippen LogP contribution in [-0.4, -0.2) is 4.98 Å². The van der Waals surface area contributed by atoms with Crippen LogP contribution in [0, 0.1) is 6.92 Å². The molecule has 0 N–H and O–H groups in total. The molecule has 0 unspecified atom stereocenters. The summed E-state index contributed by atoms with van der Waals surface area (Å²) in [6, 6.07) is 6.01. The molecule has 1 aromatic heterocycles. The molecule has 0 saturated heterocycles. The first-order chi connectivity index (χ1) is 7.49. The van der Waals surface area contributed by atoms with Crippen LogP contribution in [0.15, 0.2) is 18.2 Å². The van der Waals surface area contributed by atoms with Gasteiger partial charge in [0.25, 0.3) is 0 Å². The Morgan fingerprint density at radius 3 is 2.44 bits per heavy atom. The van der Waals surface area contributed by atoms with Gasteiger partial charge in [-0.15, -0.1) is 0 Å². The Kier molecular flexibility index (Phi) is 3.09. The first-order valence-electron chi connectivity index (χ1n) is 5.25. The summed E-state index contributed by atoms with van der Waals surface area (Å²) in [4.78, 5) is 4.38. The van der Waals surface area contributed by atoms with Crippen molar-refractivity contribution in [2.75, 3.05) is 0 Å². The molecule has 0 aliphatic heterocycles. The summed E-state index contributed by atoms with van der Waals surface area (Å²) in [7, 11) is 0. The zero-order valence-electron chi connectivity index (χ0n) is 9.51. The number of rotatable bonds is 1. The molecule has 0 saturated carbocycles. The Morgan fingerprint density at radius 1 is 1.12 bits per heavy atom. The Balaban J connectivity index is 2.74. The fraction of sp³-hybridized carbons (Fsp3) is 0.308. The van der Waals surface area contributed by atoms with E-state index in [0.717, 1.165) is 27.1 Å². The maximum Gasteiger partial charge on any atom is 0.133 e. The fourth-order valence-electron chi connectivity index (χ4n) is 1.71. The van der Waals surface area contributed by atoms with Crippen LogP contribution in [0.25, 0.3) is 10.9 Å². The highest BCUT2D eigenvalue weighted by Gasteiger charge is 2.09. The van der Waals surface area contributed by atoms with Gasteiger partial charge < -0.3 is 0 Å². The monoisotopic (exact) mass is 253 g/mol. The van der Waals surface area contributed by atoms with Gasteiger partial charge >= 0.3 is 0 Å². The number of hydrogen-bond donors (Lipinski definition) is 0. The van der Waals surface area contributed by atoms with Crippen molar-refractivity contribution in [3.05, 3.63) is 39.5 Å². The molecular weight excluding hydrogens is 241 g/mol. The number of benzene rings is 1. The molecule has 2 rings (SSSR count). The van der Waals surface area contributed by atoms with Crippen LogP contribution in [0.1, 0.15) is 30.9 Å². The number of aryl methyl sites for hydroxylation is 1. The molecule has 3 heteroatoms. The highest BCUT2D eigenvalue weighted by Crippen LogP contribution is 2.29. The Morgan fingerprint density at radius 2 is 1.81 bits per heavy atom. The van der Waals surface area contributed by atoms with E-state index in [1.54, 1.807) is 0 Å². The molecule has 0 spiro atoms. The molecule has 0 bridgehead atoms. The van der Waals surface area contributed by atoms with Gasteiger partial charge in [-0.1, -0.05) is 37.0 Å². The van der Waals surface area contributed by atoms with Crippen molar-refractivity contribution in [3.8, 4) is 0 Å². The number of fused-ring (bicyclic) bond motifs is 1. The van der Waals surface area contributed by atoms with Crippen molar-refractivity contribution >= 4 is 34.1 Å². The Hall–Kier alpha value is -0.790. The summed E-state index contributed by atoms with van der Waals surface area (Å²) in [5.41, 5.74) is 2.99. The van der Waals surface area contributed by atoms with Gasteiger partial charge in [0.1, 0.15) is 5.15 Å². The molecule has 16 heavy (non-hydrogen) atoms. The van der Waals surface area contributed by atoms with Gasteiger partial charge in [-0.25, -0.2) is 4.98 Å². The molecule has 1 nitrogen and oxygen atoms in total. The summed E-state index contributed by atoms with van der Waals surface area (Å²) < 4.78 is 0. The highest BCUT2D eigenvalue weighted by atomic mass is 35.5. The molecule has 0 fully saturated rings. The van der Waals surface area contributed by atoms with Gasteiger partial charge in [-0.2, -0.15) is 0 Å². The zero-order chi connectivity index (χ0) is 11.9. The maximum atomic E-state index is 6.14. The fourth-order valence-corrected chi connectivity index (χ4v) is 2.23. The lowest BCUT2D eigenvalue weighted by Gasteiger charge is -2.10.